The third-order valence-electron chi connectivity index (χ3n) is 3.88. The Hall–Kier alpha value is -3.27. The molecule has 4 nitrogen and oxygen atoms in total. The molecule has 1 aromatic heterocycles. The van der Waals surface area contributed by atoms with E-state index in [2.05, 4.69) is 22.1 Å². The summed E-state index contributed by atoms with van der Waals surface area (Å²) in [6.07, 6.45) is 0. The Bertz CT molecular complexity index is 959. The third kappa shape index (κ3) is 2.94. The summed E-state index contributed by atoms with van der Waals surface area (Å²) in [4.78, 5) is 7.90. The van der Waals surface area contributed by atoms with Crippen molar-refractivity contribution in [2.45, 2.75) is 6.61 Å². The molecule has 0 aliphatic heterocycles. The maximum absolute atomic E-state index is 5.81. The van der Waals surface area contributed by atoms with Gasteiger partial charge in [0.05, 0.1) is 11.0 Å². The Morgan fingerprint density at radius 3 is 2.50 bits per heavy atom. The minimum atomic E-state index is 0.560. The SMILES string of the molecule is Nc1ccc2[nH]c(-c3ccc(OCc4ccccc4)cc3)nc2c1. The van der Waals surface area contributed by atoms with Crippen LogP contribution < -0.4 is 10.5 Å². The average molecular weight is 315 g/mol. The average Bonchev–Trinajstić information content (AvgIpc) is 3.04. The van der Waals surface area contributed by atoms with Crippen molar-refractivity contribution in [3.8, 4) is 17.1 Å². The number of aromatic nitrogens is 2. The van der Waals surface area contributed by atoms with Gasteiger partial charge < -0.3 is 15.5 Å². The van der Waals surface area contributed by atoms with Crippen molar-refractivity contribution >= 4 is 16.7 Å². The van der Waals surface area contributed by atoms with Gasteiger partial charge in [-0.15, -0.1) is 0 Å². The van der Waals surface area contributed by atoms with Crippen molar-refractivity contribution in [1.82, 2.24) is 9.97 Å². The molecule has 24 heavy (non-hydrogen) atoms. The van der Waals surface area contributed by atoms with Crippen LogP contribution in [0.5, 0.6) is 5.75 Å². The van der Waals surface area contributed by atoms with Crippen LogP contribution >= 0.6 is 0 Å². The summed E-state index contributed by atoms with van der Waals surface area (Å²) in [6.45, 7) is 0.560. The molecule has 0 amide bonds. The number of hydrogen-bond acceptors (Lipinski definition) is 3. The van der Waals surface area contributed by atoms with E-state index in [0.717, 1.165) is 33.7 Å². The fourth-order valence-corrected chi connectivity index (χ4v) is 2.61. The van der Waals surface area contributed by atoms with Crippen LogP contribution in [0.25, 0.3) is 22.4 Å². The van der Waals surface area contributed by atoms with Crippen LogP contribution in [-0.4, -0.2) is 9.97 Å². The van der Waals surface area contributed by atoms with Crippen molar-refractivity contribution in [2.24, 2.45) is 0 Å². The van der Waals surface area contributed by atoms with Crippen molar-refractivity contribution in [2.75, 3.05) is 5.73 Å². The molecule has 3 aromatic carbocycles. The number of nitrogens with zero attached hydrogens (tertiary/aromatic N) is 1. The summed E-state index contributed by atoms with van der Waals surface area (Å²) >= 11 is 0. The highest BCUT2D eigenvalue weighted by molar-refractivity contribution is 5.82. The van der Waals surface area contributed by atoms with Crippen LogP contribution in [-0.2, 0) is 6.61 Å². The summed E-state index contributed by atoms with van der Waals surface area (Å²) in [5, 5.41) is 0. The van der Waals surface area contributed by atoms with Gasteiger partial charge in [0.1, 0.15) is 18.2 Å². The van der Waals surface area contributed by atoms with Gasteiger partial charge in [0.2, 0.25) is 0 Å². The zero-order chi connectivity index (χ0) is 16.4. The fourth-order valence-electron chi connectivity index (χ4n) is 2.61. The molecule has 118 valence electrons. The largest absolute Gasteiger partial charge is 0.489 e. The van der Waals surface area contributed by atoms with Gasteiger partial charge in [-0.25, -0.2) is 4.98 Å². The second kappa shape index (κ2) is 6.08. The molecule has 0 bridgehead atoms. The number of imidazole rings is 1. The van der Waals surface area contributed by atoms with Gasteiger partial charge in [-0.3, -0.25) is 0 Å². The number of fused-ring (bicyclic) bond motifs is 1. The summed E-state index contributed by atoms with van der Waals surface area (Å²) in [7, 11) is 0. The van der Waals surface area contributed by atoms with Gasteiger partial charge in [0, 0.05) is 11.3 Å². The predicted octanol–water partition coefficient (Wildman–Crippen LogP) is 4.39. The van der Waals surface area contributed by atoms with Crippen molar-refractivity contribution in [1.29, 1.82) is 0 Å². The minimum Gasteiger partial charge on any atom is -0.489 e. The number of ether oxygens (including phenoxy) is 1. The minimum absolute atomic E-state index is 0.560. The highest BCUT2D eigenvalue weighted by Crippen LogP contribution is 2.24. The number of aromatic amines is 1. The molecule has 4 aromatic rings. The summed E-state index contributed by atoms with van der Waals surface area (Å²) in [5.41, 5.74) is 10.5. The summed E-state index contributed by atoms with van der Waals surface area (Å²) in [5.74, 6) is 1.66. The first-order valence-electron chi connectivity index (χ1n) is 7.80. The topological polar surface area (TPSA) is 63.9 Å². The first-order valence-corrected chi connectivity index (χ1v) is 7.80. The second-order valence-corrected chi connectivity index (χ2v) is 5.66. The van der Waals surface area contributed by atoms with Crippen molar-refractivity contribution in [3.05, 3.63) is 78.4 Å². The lowest BCUT2D eigenvalue weighted by atomic mass is 10.2. The molecule has 0 aliphatic carbocycles. The van der Waals surface area contributed by atoms with Gasteiger partial charge >= 0.3 is 0 Å². The van der Waals surface area contributed by atoms with E-state index in [-0.39, 0.29) is 0 Å². The Morgan fingerprint density at radius 2 is 1.71 bits per heavy atom. The quantitative estimate of drug-likeness (QED) is 0.549. The molecule has 0 saturated carbocycles. The molecule has 4 rings (SSSR count). The zero-order valence-corrected chi connectivity index (χ0v) is 13.1. The summed E-state index contributed by atoms with van der Waals surface area (Å²) < 4.78 is 5.81. The number of rotatable bonds is 4. The number of nitrogens with two attached hydrogens (primary N) is 1. The first kappa shape index (κ1) is 14.3. The molecule has 0 aliphatic rings. The van der Waals surface area contributed by atoms with Crippen LogP contribution in [0.4, 0.5) is 5.69 Å². The van der Waals surface area contributed by atoms with Gasteiger partial charge in [-0.2, -0.15) is 0 Å². The van der Waals surface area contributed by atoms with E-state index in [1.54, 1.807) is 0 Å². The van der Waals surface area contributed by atoms with Gasteiger partial charge in [0.25, 0.3) is 0 Å². The van der Waals surface area contributed by atoms with Gasteiger partial charge in [-0.1, -0.05) is 30.3 Å². The van der Waals surface area contributed by atoms with Gasteiger partial charge in [0.15, 0.2) is 0 Å². The molecule has 0 saturated heterocycles. The number of hydrogen-bond donors (Lipinski definition) is 2. The summed E-state index contributed by atoms with van der Waals surface area (Å²) in [6, 6.07) is 23.7. The van der Waals surface area contributed by atoms with E-state index in [1.807, 2.05) is 60.7 Å². The predicted molar refractivity (Wildman–Crippen MR) is 96.7 cm³/mol. The maximum Gasteiger partial charge on any atom is 0.138 e. The molecule has 0 fully saturated rings. The molecule has 0 atom stereocenters. The van der Waals surface area contributed by atoms with E-state index >= 15 is 0 Å². The normalized spacial score (nSPS) is 10.8. The molecule has 4 heteroatoms. The monoisotopic (exact) mass is 315 g/mol. The molecule has 1 heterocycles. The molecular formula is C20H17N3O. The van der Waals surface area contributed by atoms with Gasteiger partial charge in [-0.05, 0) is 48.0 Å². The molecule has 3 N–H and O–H groups in total. The fraction of sp³-hybridized carbons (Fsp3) is 0.0500. The lowest BCUT2D eigenvalue weighted by Gasteiger charge is -2.06. The van der Waals surface area contributed by atoms with Crippen molar-refractivity contribution in [3.63, 3.8) is 0 Å². The zero-order valence-electron chi connectivity index (χ0n) is 13.1. The Morgan fingerprint density at radius 1 is 0.917 bits per heavy atom. The van der Waals surface area contributed by atoms with E-state index in [0.29, 0.717) is 12.3 Å². The van der Waals surface area contributed by atoms with Crippen LogP contribution in [0.15, 0.2) is 72.8 Å². The lowest BCUT2D eigenvalue weighted by molar-refractivity contribution is 0.306. The van der Waals surface area contributed by atoms with E-state index < -0.39 is 0 Å². The Labute approximate surface area is 139 Å². The number of anilines is 1. The third-order valence-corrected chi connectivity index (χ3v) is 3.88. The Balaban J connectivity index is 1.52. The standard InChI is InChI=1S/C20H17N3O/c21-16-8-11-18-19(12-16)23-20(22-18)15-6-9-17(10-7-15)24-13-14-4-2-1-3-5-14/h1-12H,13,21H2,(H,22,23). The number of nitrogens with one attached hydrogen (secondary N) is 1. The van der Waals surface area contributed by atoms with Crippen LogP contribution in [0.3, 0.4) is 0 Å². The lowest BCUT2D eigenvalue weighted by Crippen LogP contribution is -1.94. The smallest absolute Gasteiger partial charge is 0.138 e. The molecule has 0 spiro atoms. The highest BCUT2D eigenvalue weighted by atomic mass is 16.5. The van der Waals surface area contributed by atoms with Crippen LogP contribution in [0.1, 0.15) is 5.56 Å². The second-order valence-electron chi connectivity index (χ2n) is 5.66. The van der Waals surface area contributed by atoms with E-state index in [9.17, 15) is 0 Å². The van der Waals surface area contributed by atoms with Crippen molar-refractivity contribution < 1.29 is 4.74 Å². The first-order chi connectivity index (χ1) is 11.8. The molecule has 0 unspecified atom stereocenters. The van der Waals surface area contributed by atoms with Crippen LogP contribution in [0.2, 0.25) is 0 Å². The van der Waals surface area contributed by atoms with E-state index in [1.165, 1.54) is 0 Å². The molecular weight excluding hydrogens is 298 g/mol. The highest BCUT2D eigenvalue weighted by Gasteiger charge is 2.06. The Kier molecular flexibility index (Phi) is 3.63. The molecule has 0 radical (unpaired) electrons. The van der Waals surface area contributed by atoms with Crippen LogP contribution in [0, 0.1) is 0 Å². The number of nitrogen functional groups attached to an aromatic ring is 1. The maximum atomic E-state index is 5.81. The number of benzene rings is 3. The number of H-pyrrole nitrogens is 1. The van der Waals surface area contributed by atoms with E-state index in [4.69, 9.17) is 10.5 Å².